The average molecular weight is 261 g/mol. The Morgan fingerprint density at radius 3 is 2.44 bits per heavy atom. The molecule has 2 N–H and O–H groups in total. The summed E-state index contributed by atoms with van der Waals surface area (Å²) >= 11 is 0. The second-order valence-corrected chi connectivity index (χ2v) is 4.50. The Morgan fingerprint density at radius 2 is 1.83 bits per heavy atom. The maximum absolute atomic E-state index is 13.5. The number of hydrogen-bond acceptors (Lipinski definition) is 2. The van der Waals surface area contributed by atoms with Crippen LogP contribution in [0.15, 0.2) is 12.1 Å². The molecule has 0 saturated carbocycles. The highest BCUT2D eigenvalue weighted by Crippen LogP contribution is 2.28. The van der Waals surface area contributed by atoms with Crippen LogP contribution in [0.25, 0.3) is 0 Å². The maximum atomic E-state index is 13.5. The molecule has 18 heavy (non-hydrogen) atoms. The Bertz CT molecular complexity index is 407. The van der Waals surface area contributed by atoms with Crippen molar-refractivity contribution in [2.75, 3.05) is 13.1 Å². The third-order valence-electron chi connectivity index (χ3n) is 2.83. The van der Waals surface area contributed by atoms with Crippen LogP contribution in [0.5, 0.6) is 0 Å². The molecule has 0 aromatic heterocycles. The van der Waals surface area contributed by atoms with Gasteiger partial charge < -0.3 is 10.4 Å². The number of benzene rings is 1. The summed E-state index contributed by atoms with van der Waals surface area (Å²) < 4.78 is 39.4. The van der Waals surface area contributed by atoms with E-state index in [1.165, 1.54) is 6.92 Å². The lowest BCUT2D eigenvalue weighted by Gasteiger charge is -2.24. The molecule has 1 aromatic carbocycles. The fraction of sp³-hybridized carbons (Fsp3) is 0.538. The Balaban J connectivity index is 2.81. The summed E-state index contributed by atoms with van der Waals surface area (Å²) in [6.45, 7) is 4.65. The number of nitrogens with one attached hydrogen (secondary N) is 1. The maximum Gasteiger partial charge on any atom is 0.194 e. The molecule has 0 aliphatic carbocycles. The van der Waals surface area contributed by atoms with Gasteiger partial charge >= 0.3 is 0 Å². The van der Waals surface area contributed by atoms with Crippen LogP contribution in [0.2, 0.25) is 0 Å². The van der Waals surface area contributed by atoms with Gasteiger partial charge in [0, 0.05) is 5.56 Å². The van der Waals surface area contributed by atoms with Gasteiger partial charge in [-0.2, -0.15) is 0 Å². The summed E-state index contributed by atoms with van der Waals surface area (Å²) in [6.07, 6.45) is 1.16. The molecule has 102 valence electrons. The van der Waals surface area contributed by atoms with Gasteiger partial charge in [0.2, 0.25) is 0 Å². The van der Waals surface area contributed by atoms with E-state index in [0.29, 0.717) is 6.54 Å². The Morgan fingerprint density at radius 1 is 1.17 bits per heavy atom. The molecule has 0 heterocycles. The van der Waals surface area contributed by atoms with Gasteiger partial charge in [0.15, 0.2) is 17.5 Å². The minimum Gasteiger partial charge on any atom is -0.385 e. The van der Waals surface area contributed by atoms with Crippen molar-refractivity contribution in [3.63, 3.8) is 0 Å². The van der Waals surface area contributed by atoms with Crippen molar-refractivity contribution in [1.82, 2.24) is 5.32 Å². The second kappa shape index (κ2) is 6.20. The van der Waals surface area contributed by atoms with Gasteiger partial charge in [-0.05, 0) is 38.9 Å². The van der Waals surface area contributed by atoms with Crippen molar-refractivity contribution in [2.24, 2.45) is 0 Å². The van der Waals surface area contributed by atoms with Crippen LogP contribution >= 0.6 is 0 Å². The Labute approximate surface area is 105 Å². The van der Waals surface area contributed by atoms with Gasteiger partial charge in [0.05, 0.1) is 5.60 Å². The van der Waals surface area contributed by atoms with Crippen molar-refractivity contribution >= 4 is 0 Å². The van der Waals surface area contributed by atoms with Crippen molar-refractivity contribution in [2.45, 2.75) is 32.3 Å². The van der Waals surface area contributed by atoms with Crippen LogP contribution in [0.3, 0.4) is 0 Å². The van der Waals surface area contributed by atoms with Crippen LogP contribution in [0, 0.1) is 17.5 Å². The predicted molar refractivity (Wildman–Crippen MR) is 63.7 cm³/mol. The lowest BCUT2D eigenvalue weighted by atomic mass is 9.92. The first-order chi connectivity index (χ1) is 8.40. The number of aliphatic hydroxyl groups is 1. The number of rotatable bonds is 6. The van der Waals surface area contributed by atoms with Crippen LogP contribution in [0.4, 0.5) is 13.2 Å². The zero-order chi connectivity index (χ0) is 13.8. The number of halogens is 3. The first-order valence-corrected chi connectivity index (χ1v) is 5.97. The van der Waals surface area contributed by atoms with Crippen LogP contribution in [0.1, 0.15) is 32.3 Å². The first-order valence-electron chi connectivity index (χ1n) is 5.97. The molecule has 0 saturated heterocycles. The third-order valence-corrected chi connectivity index (χ3v) is 2.83. The molecule has 1 atom stereocenters. The van der Waals surface area contributed by atoms with Gasteiger partial charge in [-0.25, -0.2) is 13.2 Å². The highest BCUT2D eigenvalue weighted by Gasteiger charge is 2.28. The summed E-state index contributed by atoms with van der Waals surface area (Å²) in [5, 5.41) is 13.2. The van der Waals surface area contributed by atoms with E-state index in [-0.39, 0.29) is 12.0 Å². The minimum absolute atomic E-state index is 0.217. The van der Waals surface area contributed by atoms with Crippen LogP contribution in [-0.2, 0) is 5.60 Å². The fourth-order valence-electron chi connectivity index (χ4n) is 1.71. The minimum atomic E-state index is -1.55. The SMILES string of the molecule is CCCNCCC(C)(O)c1ccc(F)c(F)c1F. The standard InChI is InChI=1S/C13H18F3NO/c1-3-7-17-8-6-13(2,18)9-4-5-10(14)12(16)11(9)15/h4-5,17-18H,3,6-8H2,1-2H3. The van der Waals surface area contributed by atoms with Gasteiger partial charge in [-0.15, -0.1) is 0 Å². The van der Waals surface area contributed by atoms with Crippen molar-refractivity contribution < 1.29 is 18.3 Å². The topological polar surface area (TPSA) is 32.3 Å². The van der Waals surface area contributed by atoms with Gasteiger partial charge in [0.1, 0.15) is 0 Å². The molecule has 2 nitrogen and oxygen atoms in total. The normalized spacial score (nSPS) is 14.6. The van der Waals surface area contributed by atoms with E-state index in [2.05, 4.69) is 5.32 Å². The van der Waals surface area contributed by atoms with E-state index < -0.39 is 23.1 Å². The van der Waals surface area contributed by atoms with Gasteiger partial charge in [0.25, 0.3) is 0 Å². The molecule has 0 fully saturated rings. The second-order valence-electron chi connectivity index (χ2n) is 4.50. The van der Waals surface area contributed by atoms with E-state index in [4.69, 9.17) is 0 Å². The Hall–Kier alpha value is -1.07. The molecular weight excluding hydrogens is 243 g/mol. The molecule has 1 rings (SSSR count). The lowest BCUT2D eigenvalue weighted by molar-refractivity contribution is 0.0434. The molecule has 1 unspecified atom stereocenters. The summed E-state index contributed by atoms with van der Waals surface area (Å²) in [7, 11) is 0. The summed E-state index contributed by atoms with van der Waals surface area (Å²) in [5.41, 5.74) is -1.75. The molecule has 0 aliphatic rings. The largest absolute Gasteiger partial charge is 0.385 e. The van der Waals surface area contributed by atoms with Crippen LogP contribution < -0.4 is 5.32 Å². The van der Waals surface area contributed by atoms with Crippen molar-refractivity contribution in [3.8, 4) is 0 Å². The summed E-state index contributed by atoms with van der Waals surface area (Å²) in [6, 6.07) is 1.90. The zero-order valence-corrected chi connectivity index (χ0v) is 10.6. The molecule has 1 aromatic rings. The quantitative estimate of drug-likeness (QED) is 0.609. The molecule has 0 amide bonds. The van der Waals surface area contributed by atoms with E-state index in [1.54, 1.807) is 0 Å². The highest BCUT2D eigenvalue weighted by atomic mass is 19.2. The molecule has 0 spiro atoms. The average Bonchev–Trinajstić information content (AvgIpc) is 2.31. The number of hydrogen-bond donors (Lipinski definition) is 2. The molecule has 5 heteroatoms. The smallest absolute Gasteiger partial charge is 0.194 e. The van der Waals surface area contributed by atoms with E-state index >= 15 is 0 Å². The lowest BCUT2D eigenvalue weighted by Crippen LogP contribution is -2.29. The Kier molecular flexibility index (Phi) is 5.16. The monoisotopic (exact) mass is 261 g/mol. The third kappa shape index (κ3) is 3.46. The fourth-order valence-corrected chi connectivity index (χ4v) is 1.71. The molecule has 0 bridgehead atoms. The van der Waals surface area contributed by atoms with E-state index in [0.717, 1.165) is 25.1 Å². The van der Waals surface area contributed by atoms with Crippen molar-refractivity contribution in [3.05, 3.63) is 35.1 Å². The van der Waals surface area contributed by atoms with E-state index in [9.17, 15) is 18.3 Å². The van der Waals surface area contributed by atoms with Crippen LogP contribution in [-0.4, -0.2) is 18.2 Å². The summed E-state index contributed by atoms with van der Waals surface area (Å²) in [4.78, 5) is 0. The zero-order valence-electron chi connectivity index (χ0n) is 10.6. The van der Waals surface area contributed by atoms with Crippen molar-refractivity contribution in [1.29, 1.82) is 0 Å². The molecular formula is C13H18F3NO. The highest BCUT2D eigenvalue weighted by molar-refractivity contribution is 5.25. The van der Waals surface area contributed by atoms with E-state index in [1.807, 2.05) is 6.92 Å². The van der Waals surface area contributed by atoms with Gasteiger partial charge in [-0.1, -0.05) is 13.0 Å². The molecule has 0 radical (unpaired) electrons. The summed E-state index contributed by atoms with van der Waals surface area (Å²) in [5.74, 6) is -4.12. The molecule has 0 aliphatic heterocycles. The predicted octanol–water partition coefficient (Wildman–Crippen LogP) is 2.70. The van der Waals surface area contributed by atoms with Gasteiger partial charge in [-0.3, -0.25) is 0 Å². The first kappa shape index (κ1) is 15.0.